The van der Waals surface area contributed by atoms with Gasteiger partial charge in [-0.1, -0.05) is 0 Å². The maximum absolute atomic E-state index is 11.7. The molecule has 0 heterocycles. The molecule has 118 valence electrons. The van der Waals surface area contributed by atoms with E-state index in [4.69, 9.17) is 15.2 Å². The zero-order valence-corrected chi connectivity index (χ0v) is 13.0. The molecule has 0 aliphatic heterocycles. The molecule has 1 rings (SSSR count). The Morgan fingerprint density at radius 3 is 2.20 bits per heavy atom. The minimum atomic E-state index is -0.625. The number of nitrogens with two attached hydrogens (primary N) is 1. The van der Waals surface area contributed by atoms with Gasteiger partial charge in [-0.25, -0.2) is 0 Å². The largest absolute Gasteiger partial charge is 0.383 e. The third-order valence-electron chi connectivity index (χ3n) is 3.80. The van der Waals surface area contributed by atoms with E-state index < -0.39 is 5.54 Å². The van der Waals surface area contributed by atoms with Crippen LogP contribution in [0.25, 0.3) is 0 Å². The van der Waals surface area contributed by atoms with Crippen molar-refractivity contribution in [3.05, 3.63) is 0 Å². The molecule has 20 heavy (non-hydrogen) atoms. The number of nitrogens with one attached hydrogen (secondary N) is 1. The summed E-state index contributed by atoms with van der Waals surface area (Å²) in [6, 6.07) is 0.457. The summed E-state index contributed by atoms with van der Waals surface area (Å²) in [5, 5.41) is 3.37. The van der Waals surface area contributed by atoms with Gasteiger partial charge >= 0.3 is 0 Å². The maximum atomic E-state index is 11.7. The van der Waals surface area contributed by atoms with Crippen LogP contribution in [-0.2, 0) is 14.3 Å². The molecule has 1 atom stereocenters. The van der Waals surface area contributed by atoms with Crippen molar-refractivity contribution >= 4 is 5.91 Å². The zero-order chi connectivity index (χ0) is 15.0. The van der Waals surface area contributed by atoms with Gasteiger partial charge in [-0.15, -0.1) is 0 Å². The molecule has 1 saturated carbocycles. The second kappa shape index (κ2) is 8.56. The van der Waals surface area contributed by atoms with Crippen molar-refractivity contribution in [2.75, 3.05) is 47.1 Å². The smallest absolute Gasteiger partial charge is 0.237 e. The standard InChI is InChI=1S/C14H29N3O3/c1-14(13(15)18,16-12-4-5-12)6-7-17(8-10-19-2)9-11-20-3/h12,16H,4-11H2,1-3H3,(H2,15,18). The van der Waals surface area contributed by atoms with Crippen LogP contribution in [-0.4, -0.2) is 69.5 Å². The van der Waals surface area contributed by atoms with Crippen molar-refractivity contribution in [2.24, 2.45) is 5.73 Å². The van der Waals surface area contributed by atoms with Crippen LogP contribution in [0.2, 0.25) is 0 Å². The summed E-state index contributed by atoms with van der Waals surface area (Å²) in [6.45, 7) is 5.71. The predicted octanol–water partition coefficient (Wildman–Crippen LogP) is -0.0327. The SMILES string of the molecule is COCCN(CCOC)CCC(C)(NC1CC1)C(N)=O. The van der Waals surface area contributed by atoms with Crippen molar-refractivity contribution in [2.45, 2.75) is 37.8 Å². The van der Waals surface area contributed by atoms with Gasteiger partial charge in [-0.3, -0.25) is 9.69 Å². The fourth-order valence-corrected chi connectivity index (χ4v) is 2.10. The van der Waals surface area contributed by atoms with Crippen LogP contribution in [0, 0.1) is 0 Å². The summed E-state index contributed by atoms with van der Waals surface area (Å²) in [6.07, 6.45) is 2.98. The van der Waals surface area contributed by atoms with Crippen LogP contribution in [0.1, 0.15) is 26.2 Å². The van der Waals surface area contributed by atoms with E-state index in [1.165, 1.54) is 0 Å². The molecule has 3 N–H and O–H groups in total. The highest BCUT2D eigenvalue weighted by Gasteiger charge is 2.36. The monoisotopic (exact) mass is 287 g/mol. The van der Waals surface area contributed by atoms with Crippen LogP contribution in [0.5, 0.6) is 0 Å². The number of primary amides is 1. The van der Waals surface area contributed by atoms with Crippen LogP contribution in [0.15, 0.2) is 0 Å². The molecule has 0 aromatic carbocycles. The lowest BCUT2D eigenvalue weighted by Crippen LogP contribution is -2.55. The summed E-state index contributed by atoms with van der Waals surface area (Å²) >= 11 is 0. The Morgan fingerprint density at radius 1 is 1.25 bits per heavy atom. The molecule has 0 aromatic rings. The molecule has 1 aliphatic carbocycles. The van der Waals surface area contributed by atoms with Gasteiger partial charge < -0.3 is 20.5 Å². The lowest BCUT2D eigenvalue weighted by molar-refractivity contribution is -0.124. The fraction of sp³-hybridized carbons (Fsp3) is 0.929. The second-order valence-electron chi connectivity index (χ2n) is 5.69. The van der Waals surface area contributed by atoms with E-state index in [0.717, 1.165) is 32.5 Å². The number of rotatable bonds is 12. The van der Waals surface area contributed by atoms with E-state index in [1.54, 1.807) is 14.2 Å². The number of ether oxygens (including phenoxy) is 2. The van der Waals surface area contributed by atoms with E-state index in [-0.39, 0.29) is 5.91 Å². The van der Waals surface area contributed by atoms with Gasteiger partial charge in [0.15, 0.2) is 0 Å². The molecule has 1 aliphatic rings. The molecule has 0 aromatic heterocycles. The highest BCUT2D eigenvalue weighted by molar-refractivity contribution is 5.84. The van der Waals surface area contributed by atoms with Crippen molar-refractivity contribution < 1.29 is 14.3 Å². The lowest BCUT2D eigenvalue weighted by atomic mass is 9.96. The van der Waals surface area contributed by atoms with E-state index in [2.05, 4.69) is 10.2 Å². The van der Waals surface area contributed by atoms with Crippen LogP contribution < -0.4 is 11.1 Å². The average molecular weight is 287 g/mol. The van der Waals surface area contributed by atoms with Crippen LogP contribution in [0.4, 0.5) is 0 Å². The molecule has 0 bridgehead atoms. The van der Waals surface area contributed by atoms with Gasteiger partial charge in [0.05, 0.1) is 18.8 Å². The number of amides is 1. The molecule has 1 amide bonds. The van der Waals surface area contributed by atoms with E-state index >= 15 is 0 Å². The minimum absolute atomic E-state index is 0.275. The third kappa shape index (κ3) is 6.17. The van der Waals surface area contributed by atoms with E-state index in [1.807, 2.05) is 6.92 Å². The van der Waals surface area contributed by atoms with Crippen molar-refractivity contribution in [3.63, 3.8) is 0 Å². The summed E-state index contributed by atoms with van der Waals surface area (Å²) in [5.41, 5.74) is 4.94. The molecular formula is C14H29N3O3. The molecule has 0 saturated heterocycles. The summed E-state index contributed by atoms with van der Waals surface area (Å²) in [7, 11) is 3.38. The Labute approximate surface area is 122 Å². The molecule has 1 fully saturated rings. The number of carbonyl (C=O) groups excluding carboxylic acids is 1. The highest BCUT2D eigenvalue weighted by Crippen LogP contribution is 2.24. The van der Waals surface area contributed by atoms with E-state index in [0.29, 0.717) is 25.7 Å². The quantitative estimate of drug-likeness (QED) is 0.527. The first-order valence-electron chi connectivity index (χ1n) is 7.29. The summed E-state index contributed by atoms with van der Waals surface area (Å²) < 4.78 is 10.2. The molecule has 6 heteroatoms. The Balaban J connectivity index is 2.45. The minimum Gasteiger partial charge on any atom is -0.383 e. The Bertz CT molecular complexity index is 289. The summed E-state index contributed by atoms with van der Waals surface area (Å²) in [4.78, 5) is 14.0. The van der Waals surface area contributed by atoms with E-state index in [9.17, 15) is 4.79 Å². The first kappa shape index (κ1) is 17.4. The van der Waals surface area contributed by atoms with Crippen molar-refractivity contribution in [3.8, 4) is 0 Å². The highest BCUT2D eigenvalue weighted by atomic mass is 16.5. The van der Waals surface area contributed by atoms with Crippen LogP contribution in [0.3, 0.4) is 0 Å². The lowest BCUT2D eigenvalue weighted by Gasteiger charge is -2.31. The fourth-order valence-electron chi connectivity index (χ4n) is 2.10. The first-order chi connectivity index (χ1) is 9.51. The Morgan fingerprint density at radius 2 is 1.80 bits per heavy atom. The molecule has 6 nitrogen and oxygen atoms in total. The van der Waals surface area contributed by atoms with Gasteiger partial charge in [-0.2, -0.15) is 0 Å². The molecule has 0 radical (unpaired) electrons. The topological polar surface area (TPSA) is 76.8 Å². The number of carbonyl (C=O) groups is 1. The summed E-state index contributed by atoms with van der Waals surface area (Å²) in [5.74, 6) is -0.275. The Kier molecular flexibility index (Phi) is 7.43. The molecule has 0 spiro atoms. The number of hydrogen-bond acceptors (Lipinski definition) is 5. The number of nitrogens with zero attached hydrogens (tertiary/aromatic N) is 1. The van der Waals surface area contributed by atoms with Gasteiger partial charge in [-0.05, 0) is 26.2 Å². The zero-order valence-electron chi connectivity index (χ0n) is 13.0. The van der Waals surface area contributed by atoms with Gasteiger partial charge in [0.1, 0.15) is 0 Å². The van der Waals surface area contributed by atoms with Gasteiger partial charge in [0.25, 0.3) is 0 Å². The number of methoxy groups -OCH3 is 2. The van der Waals surface area contributed by atoms with Gasteiger partial charge in [0, 0.05) is 39.9 Å². The van der Waals surface area contributed by atoms with Crippen molar-refractivity contribution in [1.82, 2.24) is 10.2 Å². The third-order valence-corrected chi connectivity index (χ3v) is 3.80. The molecular weight excluding hydrogens is 258 g/mol. The molecule has 1 unspecified atom stereocenters. The second-order valence-corrected chi connectivity index (χ2v) is 5.69. The van der Waals surface area contributed by atoms with Gasteiger partial charge in [0.2, 0.25) is 5.91 Å². The van der Waals surface area contributed by atoms with Crippen LogP contribution >= 0.6 is 0 Å². The maximum Gasteiger partial charge on any atom is 0.237 e. The average Bonchev–Trinajstić information content (AvgIpc) is 3.21. The first-order valence-corrected chi connectivity index (χ1v) is 7.29. The predicted molar refractivity (Wildman–Crippen MR) is 78.6 cm³/mol. The number of hydrogen-bond donors (Lipinski definition) is 2. The van der Waals surface area contributed by atoms with Crippen molar-refractivity contribution in [1.29, 1.82) is 0 Å². The normalized spacial score (nSPS) is 18.2. The Hall–Kier alpha value is -0.690.